The van der Waals surface area contributed by atoms with Gasteiger partial charge in [0.1, 0.15) is 0 Å². The molecule has 0 fully saturated rings. The lowest BCUT2D eigenvalue weighted by Gasteiger charge is -2.14. The second-order valence-electron chi connectivity index (χ2n) is 4.89. The van der Waals surface area contributed by atoms with E-state index < -0.39 is 16.2 Å². The van der Waals surface area contributed by atoms with Gasteiger partial charge in [-0.1, -0.05) is 13.3 Å². The Balaban J connectivity index is 2.71. The average Bonchev–Trinajstić information content (AvgIpc) is 2.51. The normalized spacial score (nSPS) is 10.8. The van der Waals surface area contributed by atoms with Gasteiger partial charge in [-0.05, 0) is 19.4 Å². The average molecular weight is 306 g/mol. The zero-order valence-electron chi connectivity index (χ0n) is 12.5. The smallest absolute Gasteiger partial charge is 0.297 e. The predicted molar refractivity (Wildman–Crippen MR) is 82.6 cm³/mol. The topological polar surface area (TPSA) is 94.6 Å². The summed E-state index contributed by atoms with van der Waals surface area (Å²) in [6, 6.07) is 4.16. The van der Waals surface area contributed by atoms with E-state index in [2.05, 4.69) is 0 Å². The number of nitro benzene ring substituents is 1. The number of ether oxygens (including phenoxy) is 1. The van der Waals surface area contributed by atoms with Crippen LogP contribution in [0.15, 0.2) is 23.0 Å². The van der Waals surface area contributed by atoms with Gasteiger partial charge in [0.05, 0.1) is 17.0 Å². The van der Waals surface area contributed by atoms with Crippen LogP contribution in [0.2, 0.25) is 0 Å². The molecule has 0 saturated carbocycles. The van der Waals surface area contributed by atoms with Crippen LogP contribution in [0.25, 0.3) is 10.9 Å². The molecule has 0 radical (unpaired) electrons. The molecule has 1 aromatic carbocycles. The molecule has 0 spiro atoms. The van der Waals surface area contributed by atoms with Crippen LogP contribution in [0.5, 0.6) is 11.5 Å². The number of non-ortho nitro benzene ring substituents is 1. The molecule has 7 nitrogen and oxygen atoms in total. The summed E-state index contributed by atoms with van der Waals surface area (Å²) in [6.07, 6.45) is 1.70. The number of hydrogen-bond donors (Lipinski definition) is 1. The van der Waals surface area contributed by atoms with Gasteiger partial charge < -0.3 is 14.4 Å². The minimum absolute atomic E-state index is 0.0908. The highest BCUT2D eigenvalue weighted by atomic mass is 16.6. The molecule has 1 heterocycles. The standard InChI is InChI=1S/C15H18N2O5/c1-3-5-8-22-14-11-7-6-10(17(20)21)9-12(11)16(4-2)15(19)13(14)18/h6-7,9,18H,3-5,8H2,1-2H3. The number of aryl methyl sites for hydroxylation is 1. The van der Waals surface area contributed by atoms with Gasteiger partial charge in [0.25, 0.3) is 11.2 Å². The molecule has 0 amide bonds. The summed E-state index contributed by atoms with van der Waals surface area (Å²) in [4.78, 5) is 22.6. The van der Waals surface area contributed by atoms with Gasteiger partial charge in [0.15, 0.2) is 5.75 Å². The van der Waals surface area contributed by atoms with Crippen LogP contribution in [0.1, 0.15) is 26.7 Å². The number of hydrogen-bond acceptors (Lipinski definition) is 5. The quantitative estimate of drug-likeness (QED) is 0.503. The van der Waals surface area contributed by atoms with Crippen LogP contribution in [0.3, 0.4) is 0 Å². The SMILES string of the molecule is CCCCOc1c(O)c(=O)n(CC)c2cc([N+](=O)[O-])ccc12. The summed E-state index contributed by atoms with van der Waals surface area (Å²) in [6.45, 7) is 4.39. The fraction of sp³-hybridized carbons (Fsp3) is 0.400. The third kappa shape index (κ3) is 2.74. The Hall–Kier alpha value is -2.57. The van der Waals surface area contributed by atoms with Gasteiger partial charge in [0.2, 0.25) is 5.75 Å². The second kappa shape index (κ2) is 6.46. The molecular formula is C15H18N2O5. The van der Waals surface area contributed by atoms with Crippen molar-refractivity contribution in [2.45, 2.75) is 33.2 Å². The first-order valence-electron chi connectivity index (χ1n) is 7.17. The molecule has 0 atom stereocenters. The number of aromatic hydroxyl groups is 1. The highest BCUT2D eigenvalue weighted by Crippen LogP contribution is 2.33. The molecule has 118 valence electrons. The minimum atomic E-state index is -0.609. The van der Waals surface area contributed by atoms with Crippen molar-refractivity contribution in [2.75, 3.05) is 6.61 Å². The van der Waals surface area contributed by atoms with Crippen molar-refractivity contribution in [1.82, 2.24) is 4.57 Å². The maximum Gasteiger partial charge on any atom is 0.297 e. The van der Waals surface area contributed by atoms with Crippen molar-refractivity contribution in [1.29, 1.82) is 0 Å². The van der Waals surface area contributed by atoms with E-state index in [1.165, 1.54) is 22.8 Å². The number of nitrogens with zero attached hydrogens (tertiary/aromatic N) is 2. The van der Waals surface area contributed by atoms with Crippen molar-refractivity contribution >= 4 is 16.6 Å². The van der Waals surface area contributed by atoms with Crippen LogP contribution in [0.4, 0.5) is 5.69 Å². The Bertz CT molecular complexity index is 767. The molecule has 2 aromatic rings. The summed E-state index contributed by atoms with van der Waals surface area (Å²) in [5, 5.41) is 21.5. The fourth-order valence-corrected chi connectivity index (χ4v) is 2.29. The van der Waals surface area contributed by atoms with Gasteiger partial charge in [-0.15, -0.1) is 0 Å². The molecule has 0 unspecified atom stereocenters. The first-order valence-corrected chi connectivity index (χ1v) is 7.17. The maximum absolute atomic E-state index is 12.2. The zero-order chi connectivity index (χ0) is 16.3. The Morgan fingerprint density at radius 3 is 2.68 bits per heavy atom. The lowest BCUT2D eigenvalue weighted by Crippen LogP contribution is -2.20. The monoisotopic (exact) mass is 306 g/mol. The highest BCUT2D eigenvalue weighted by Gasteiger charge is 2.19. The first kappa shape index (κ1) is 15.8. The van der Waals surface area contributed by atoms with Gasteiger partial charge >= 0.3 is 0 Å². The van der Waals surface area contributed by atoms with E-state index in [4.69, 9.17) is 4.74 Å². The van der Waals surface area contributed by atoms with Crippen molar-refractivity contribution in [2.24, 2.45) is 0 Å². The number of benzene rings is 1. The van der Waals surface area contributed by atoms with E-state index in [1.54, 1.807) is 6.92 Å². The largest absolute Gasteiger partial charge is 0.500 e. The van der Waals surface area contributed by atoms with E-state index >= 15 is 0 Å². The predicted octanol–water partition coefficient (Wildman–Crippen LogP) is 2.81. The molecule has 0 aliphatic carbocycles. The van der Waals surface area contributed by atoms with E-state index in [1.807, 2.05) is 6.92 Å². The van der Waals surface area contributed by atoms with Crippen molar-refractivity contribution in [3.63, 3.8) is 0 Å². The molecule has 0 bridgehead atoms. The second-order valence-corrected chi connectivity index (χ2v) is 4.89. The number of fused-ring (bicyclic) bond motifs is 1. The fourth-order valence-electron chi connectivity index (χ4n) is 2.29. The van der Waals surface area contributed by atoms with Crippen LogP contribution < -0.4 is 10.3 Å². The molecule has 0 aliphatic heterocycles. The minimum Gasteiger partial charge on any atom is -0.500 e. The molecule has 1 N–H and O–H groups in total. The van der Waals surface area contributed by atoms with Crippen LogP contribution in [-0.4, -0.2) is 21.2 Å². The first-order chi connectivity index (χ1) is 10.5. The lowest BCUT2D eigenvalue weighted by molar-refractivity contribution is -0.384. The van der Waals surface area contributed by atoms with Gasteiger partial charge in [-0.2, -0.15) is 0 Å². The number of nitro groups is 1. The molecule has 22 heavy (non-hydrogen) atoms. The molecule has 0 saturated heterocycles. The summed E-state index contributed by atoms with van der Waals surface area (Å²) in [5.41, 5.74) is -0.340. The van der Waals surface area contributed by atoms with E-state index in [9.17, 15) is 20.0 Å². The van der Waals surface area contributed by atoms with E-state index in [0.717, 1.165) is 12.8 Å². The van der Waals surface area contributed by atoms with Crippen LogP contribution in [0, 0.1) is 10.1 Å². The molecule has 7 heteroatoms. The van der Waals surface area contributed by atoms with Gasteiger partial charge in [-0.25, -0.2) is 0 Å². The number of unbranched alkanes of at least 4 members (excludes halogenated alkanes) is 1. The summed E-state index contributed by atoms with van der Waals surface area (Å²) >= 11 is 0. The summed E-state index contributed by atoms with van der Waals surface area (Å²) in [5.74, 6) is -0.368. The van der Waals surface area contributed by atoms with Crippen LogP contribution in [-0.2, 0) is 6.54 Å². The Labute approximate surface area is 126 Å². The highest BCUT2D eigenvalue weighted by molar-refractivity contribution is 5.89. The summed E-state index contributed by atoms with van der Waals surface area (Å²) < 4.78 is 6.83. The zero-order valence-corrected chi connectivity index (χ0v) is 12.5. The van der Waals surface area contributed by atoms with Crippen LogP contribution >= 0.6 is 0 Å². The van der Waals surface area contributed by atoms with Crippen molar-refractivity contribution < 1.29 is 14.8 Å². The third-order valence-corrected chi connectivity index (χ3v) is 3.45. The maximum atomic E-state index is 12.2. The third-order valence-electron chi connectivity index (χ3n) is 3.45. The van der Waals surface area contributed by atoms with Gasteiger partial charge in [-0.3, -0.25) is 14.9 Å². The Morgan fingerprint density at radius 2 is 2.09 bits per heavy atom. The number of rotatable bonds is 6. The molecular weight excluding hydrogens is 288 g/mol. The lowest BCUT2D eigenvalue weighted by atomic mass is 10.1. The van der Waals surface area contributed by atoms with Crippen molar-refractivity contribution in [3.05, 3.63) is 38.7 Å². The van der Waals surface area contributed by atoms with Gasteiger partial charge in [0, 0.05) is 24.1 Å². The molecule has 2 rings (SSSR count). The molecule has 1 aromatic heterocycles. The van der Waals surface area contributed by atoms with Crippen molar-refractivity contribution in [3.8, 4) is 11.5 Å². The summed E-state index contributed by atoms with van der Waals surface area (Å²) in [7, 11) is 0. The van der Waals surface area contributed by atoms with E-state index in [-0.39, 0.29) is 11.4 Å². The molecule has 0 aliphatic rings. The number of aromatic nitrogens is 1. The Kier molecular flexibility index (Phi) is 4.65. The number of pyridine rings is 1. The van der Waals surface area contributed by atoms with E-state index in [0.29, 0.717) is 24.1 Å². The Morgan fingerprint density at radius 1 is 1.36 bits per heavy atom.